The Morgan fingerprint density at radius 3 is 2.61 bits per heavy atom. The van der Waals surface area contributed by atoms with E-state index in [1.807, 2.05) is 0 Å². The van der Waals surface area contributed by atoms with Crippen LogP contribution in [-0.4, -0.2) is 14.2 Å². The second-order valence-electron chi connectivity index (χ2n) is 3.97. The summed E-state index contributed by atoms with van der Waals surface area (Å²) < 4.78 is 50.1. The molecule has 0 radical (unpaired) electrons. The van der Waals surface area contributed by atoms with Gasteiger partial charge in [0.2, 0.25) is 10.0 Å². The lowest BCUT2D eigenvalue weighted by molar-refractivity contribution is -0.00555. The van der Waals surface area contributed by atoms with Crippen molar-refractivity contribution in [3.05, 3.63) is 35.2 Å². The van der Waals surface area contributed by atoms with Crippen LogP contribution in [0, 0.1) is 0 Å². The molecule has 0 amide bonds. The summed E-state index contributed by atoms with van der Waals surface area (Å²) in [6, 6.07) is 6.80. The second-order valence-corrected chi connectivity index (χ2v) is 6.61. The lowest BCUT2D eigenvalue weighted by Gasteiger charge is -2.15. The Bertz CT molecular complexity index is 664. The smallest absolute Gasteiger partial charge is 0.229 e. The van der Waals surface area contributed by atoms with Crippen molar-refractivity contribution in [3.63, 3.8) is 0 Å². The summed E-state index contributed by atoms with van der Waals surface area (Å²) >= 11 is 1.21. The Morgan fingerprint density at radius 1 is 1.28 bits per heavy atom. The van der Waals surface area contributed by atoms with Gasteiger partial charge in [0, 0.05) is 27.5 Å². The molecule has 7 heteroatoms. The van der Waals surface area contributed by atoms with Crippen molar-refractivity contribution in [2.75, 3.05) is 5.75 Å². The van der Waals surface area contributed by atoms with Crippen LogP contribution >= 0.6 is 11.3 Å². The van der Waals surface area contributed by atoms with Crippen LogP contribution in [0.15, 0.2) is 29.6 Å². The highest BCUT2D eigenvalue weighted by Gasteiger charge is 2.34. The van der Waals surface area contributed by atoms with Crippen LogP contribution in [0.25, 0.3) is 10.1 Å². The van der Waals surface area contributed by atoms with Gasteiger partial charge in [-0.05, 0) is 6.07 Å². The Morgan fingerprint density at radius 2 is 1.94 bits per heavy atom. The standard InChI is InChI=1S/C11H11F2NO2S2/c12-11(13,5-6-18(14,15)16)9-7-17-10-4-2-1-3-8(9)10/h1-4,7H,5-6H2,(H2,14,15,16). The lowest BCUT2D eigenvalue weighted by atomic mass is 10.1. The molecule has 0 saturated carbocycles. The van der Waals surface area contributed by atoms with E-state index >= 15 is 0 Å². The number of halogens is 2. The molecule has 0 unspecified atom stereocenters. The molecular formula is C11H11F2NO2S2. The summed E-state index contributed by atoms with van der Waals surface area (Å²) in [4.78, 5) is 0. The van der Waals surface area contributed by atoms with Crippen LogP contribution in [0.1, 0.15) is 12.0 Å². The number of benzene rings is 1. The highest BCUT2D eigenvalue weighted by atomic mass is 32.2. The molecule has 0 atom stereocenters. The fourth-order valence-corrected chi connectivity index (χ4v) is 3.21. The predicted octanol–water partition coefficient (Wildman–Crippen LogP) is 2.67. The summed E-state index contributed by atoms with van der Waals surface area (Å²) in [5, 5.41) is 6.58. The number of rotatable bonds is 4. The maximum atomic E-state index is 13.9. The zero-order chi connectivity index (χ0) is 13.4. The maximum Gasteiger partial charge on any atom is 0.275 e. The van der Waals surface area contributed by atoms with Gasteiger partial charge in [-0.25, -0.2) is 22.3 Å². The molecule has 2 rings (SSSR count). The van der Waals surface area contributed by atoms with Gasteiger partial charge in [0.1, 0.15) is 0 Å². The van der Waals surface area contributed by atoms with Crippen molar-refractivity contribution in [3.8, 4) is 0 Å². The maximum absolute atomic E-state index is 13.9. The number of sulfonamides is 1. The quantitative estimate of drug-likeness (QED) is 0.941. The number of hydrogen-bond acceptors (Lipinski definition) is 3. The van der Waals surface area contributed by atoms with Crippen molar-refractivity contribution in [1.29, 1.82) is 0 Å². The van der Waals surface area contributed by atoms with Crippen molar-refractivity contribution in [1.82, 2.24) is 0 Å². The zero-order valence-electron chi connectivity index (χ0n) is 9.27. The SMILES string of the molecule is NS(=O)(=O)CCC(F)(F)c1csc2ccccc12. The van der Waals surface area contributed by atoms with E-state index in [9.17, 15) is 17.2 Å². The fraction of sp³-hybridized carbons (Fsp3) is 0.273. The average molecular weight is 291 g/mol. The number of nitrogens with two attached hydrogens (primary N) is 1. The number of thiophene rings is 1. The van der Waals surface area contributed by atoms with Crippen LogP contribution in [0.3, 0.4) is 0 Å². The van der Waals surface area contributed by atoms with E-state index < -0.39 is 28.1 Å². The number of fused-ring (bicyclic) bond motifs is 1. The van der Waals surface area contributed by atoms with Crippen LogP contribution in [0.4, 0.5) is 8.78 Å². The zero-order valence-corrected chi connectivity index (χ0v) is 10.9. The van der Waals surface area contributed by atoms with Gasteiger partial charge in [-0.3, -0.25) is 0 Å². The summed E-state index contributed by atoms with van der Waals surface area (Å²) in [5.74, 6) is -3.92. The Balaban J connectivity index is 2.34. The Hall–Kier alpha value is -1.05. The number of primary sulfonamides is 1. The molecule has 0 aliphatic rings. The normalized spacial score (nSPS) is 13.1. The van der Waals surface area contributed by atoms with Gasteiger partial charge in [-0.1, -0.05) is 18.2 Å². The van der Waals surface area contributed by atoms with E-state index in [1.54, 1.807) is 24.3 Å². The molecule has 0 aliphatic carbocycles. The van der Waals surface area contributed by atoms with E-state index in [1.165, 1.54) is 16.7 Å². The molecule has 1 aromatic carbocycles. The van der Waals surface area contributed by atoms with E-state index in [0.29, 0.717) is 5.39 Å². The van der Waals surface area contributed by atoms with Crippen molar-refractivity contribution in [2.24, 2.45) is 5.14 Å². The highest BCUT2D eigenvalue weighted by molar-refractivity contribution is 7.89. The van der Waals surface area contributed by atoms with Gasteiger partial charge in [0.05, 0.1) is 5.75 Å². The van der Waals surface area contributed by atoms with E-state index in [2.05, 4.69) is 0 Å². The molecule has 2 N–H and O–H groups in total. The molecule has 1 heterocycles. The fourth-order valence-electron chi connectivity index (χ4n) is 1.67. The first-order valence-corrected chi connectivity index (χ1v) is 7.74. The van der Waals surface area contributed by atoms with Gasteiger partial charge in [-0.15, -0.1) is 11.3 Å². The molecule has 98 valence electrons. The van der Waals surface area contributed by atoms with E-state index in [0.717, 1.165) is 4.70 Å². The molecule has 0 bridgehead atoms. The third-order valence-corrected chi connectivity index (χ3v) is 4.31. The molecule has 3 nitrogen and oxygen atoms in total. The van der Waals surface area contributed by atoms with Gasteiger partial charge in [-0.2, -0.15) is 0 Å². The van der Waals surface area contributed by atoms with Gasteiger partial charge in [0.15, 0.2) is 0 Å². The highest BCUT2D eigenvalue weighted by Crippen LogP contribution is 2.39. The average Bonchev–Trinajstić information content (AvgIpc) is 2.70. The minimum atomic E-state index is -3.88. The monoisotopic (exact) mass is 291 g/mol. The number of hydrogen-bond donors (Lipinski definition) is 1. The molecule has 0 saturated heterocycles. The van der Waals surface area contributed by atoms with Gasteiger partial charge >= 0.3 is 0 Å². The largest absolute Gasteiger partial charge is 0.275 e. The summed E-state index contributed by atoms with van der Waals surface area (Å²) in [5.41, 5.74) is -0.133. The summed E-state index contributed by atoms with van der Waals surface area (Å²) in [6.45, 7) is 0. The predicted molar refractivity (Wildman–Crippen MR) is 68.3 cm³/mol. The first-order chi connectivity index (χ1) is 8.30. The minimum absolute atomic E-state index is 0.133. The Labute approximate surface area is 107 Å². The first kappa shape index (κ1) is 13.4. The molecular weight excluding hydrogens is 280 g/mol. The van der Waals surface area contributed by atoms with Crippen molar-refractivity contribution in [2.45, 2.75) is 12.3 Å². The molecule has 1 aromatic heterocycles. The van der Waals surface area contributed by atoms with Crippen LogP contribution in [0.5, 0.6) is 0 Å². The molecule has 0 spiro atoms. The van der Waals surface area contributed by atoms with Crippen LogP contribution in [0.2, 0.25) is 0 Å². The third-order valence-electron chi connectivity index (χ3n) is 2.58. The third kappa shape index (κ3) is 2.85. The number of alkyl halides is 2. The molecule has 18 heavy (non-hydrogen) atoms. The van der Waals surface area contributed by atoms with Crippen LogP contribution in [-0.2, 0) is 15.9 Å². The molecule has 2 aromatic rings. The first-order valence-electron chi connectivity index (χ1n) is 5.15. The van der Waals surface area contributed by atoms with Crippen molar-refractivity contribution >= 4 is 31.4 Å². The Kier molecular flexibility index (Phi) is 3.39. The lowest BCUT2D eigenvalue weighted by Crippen LogP contribution is -2.23. The van der Waals surface area contributed by atoms with Gasteiger partial charge in [0.25, 0.3) is 5.92 Å². The topological polar surface area (TPSA) is 60.2 Å². The minimum Gasteiger partial charge on any atom is -0.229 e. The molecule has 0 aliphatic heterocycles. The summed E-state index contributed by atoms with van der Waals surface area (Å²) in [6.07, 6.45) is -0.799. The van der Waals surface area contributed by atoms with E-state index in [-0.39, 0.29) is 5.56 Å². The van der Waals surface area contributed by atoms with Crippen molar-refractivity contribution < 1.29 is 17.2 Å². The van der Waals surface area contributed by atoms with Gasteiger partial charge < -0.3 is 0 Å². The second kappa shape index (κ2) is 4.56. The van der Waals surface area contributed by atoms with E-state index in [4.69, 9.17) is 5.14 Å². The summed E-state index contributed by atoms with van der Waals surface area (Å²) in [7, 11) is -3.88. The van der Waals surface area contributed by atoms with Crippen LogP contribution < -0.4 is 5.14 Å². The molecule has 0 fully saturated rings.